The molecule has 4 aromatic rings. The van der Waals surface area contributed by atoms with Gasteiger partial charge >= 0.3 is 11.9 Å². The van der Waals surface area contributed by atoms with Crippen LogP contribution in [0.2, 0.25) is 0 Å². The third-order valence-electron chi connectivity index (χ3n) is 10.5. The molecule has 4 aromatic carbocycles. The molecule has 0 fully saturated rings. The highest BCUT2D eigenvalue weighted by molar-refractivity contribution is 7.93. The number of aliphatic carboxylic acids is 2. The van der Waals surface area contributed by atoms with Crippen molar-refractivity contribution in [2.24, 2.45) is 0 Å². The van der Waals surface area contributed by atoms with E-state index in [0.29, 0.717) is 88.3 Å². The molecule has 0 amide bonds. The van der Waals surface area contributed by atoms with Crippen LogP contribution in [-0.4, -0.2) is 148 Å². The van der Waals surface area contributed by atoms with Crippen LogP contribution in [0.5, 0.6) is 11.5 Å². The molecule has 0 radical (unpaired) electrons. The molecule has 0 bridgehead atoms. The third-order valence-corrected chi connectivity index (χ3v) is 11.5. The molecule has 0 spiro atoms. The quantitative estimate of drug-likeness (QED) is 0.0244. The molecule has 0 saturated carbocycles. The van der Waals surface area contributed by atoms with Crippen molar-refractivity contribution in [1.82, 2.24) is 0 Å². The molecular formula is C50H62F2O16S2. The van der Waals surface area contributed by atoms with Crippen LogP contribution in [-0.2, 0) is 47.5 Å². The molecule has 20 heteroatoms. The molecule has 70 heavy (non-hydrogen) atoms. The molecule has 0 saturated heterocycles. The molecule has 4 N–H and O–H groups in total. The van der Waals surface area contributed by atoms with Gasteiger partial charge in [0.25, 0.3) is 0 Å². The van der Waals surface area contributed by atoms with Gasteiger partial charge in [0.05, 0.1) is 92.1 Å². The fourth-order valence-electron chi connectivity index (χ4n) is 7.21. The van der Waals surface area contributed by atoms with Crippen LogP contribution in [0.1, 0.15) is 49.0 Å². The van der Waals surface area contributed by atoms with Gasteiger partial charge in [-0.25, -0.2) is 8.78 Å². The van der Waals surface area contributed by atoms with Crippen molar-refractivity contribution in [3.8, 4) is 44.9 Å². The van der Waals surface area contributed by atoms with Gasteiger partial charge in [0.15, 0.2) is 23.1 Å². The van der Waals surface area contributed by atoms with Gasteiger partial charge in [-0.15, -0.1) is 0 Å². The predicted molar refractivity (Wildman–Crippen MR) is 260 cm³/mol. The van der Waals surface area contributed by atoms with Crippen LogP contribution in [0.4, 0.5) is 8.78 Å². The number of hydrogen-bond donors (Lipinski definition) is 4. The molecule has 2 unspecified atom stereocenters. The van der Waals surface area contributed by atoms with Gasteiger partial charge < -0.3 is 66.7 Å². The number of rotatable bonds is 38. The summed E-state index contributed by atoms with van der Waals surface area (Å²) in [5.74, 6) is -1.86. The van der Waals surface area contributed by atoms with E-state index in [1.54, 1.807) is 24.3 Å². The minimum absolute atomic E-state index is 0.0634. The molecular weight excluding hydrogens is 959 g/mol. The van der Waals surface area contributed by atoms with E-state index < -0.39 is 35.8 Å². The SMILES string of the molecule is O=C(O)CCOCCOCCOCCOc1ccc(-c2ccc3c(c2)C(OCCCSO)C(OCCCSO)c2cc(-c4ccc(OCCOCCOCCOCCC(=O)O)c(F)c4)ccc2-3)cc1F. The van der Waals surface area contributed by atoms with Crippen LogP contribution in [0.25, 0.3) is 33.4 Å². The number of fused-ring (bicyclic) bond motifs is 3. The first kappa shape index (κ1) is 56.5. The number of carboxylic acid groups (broad SMARTS) is 2. The standard InChI is InChI=1S/C50H62F2O16S2/c51-43-33-37(5-9-45(43)65-27-25-63-23-21-61-19-17-59-15-11-47(53)54)35-3-7-39-40-8-4-36(32-42(40)50(68-14-2-30-70-58)49(41(39)31-35)67-13-1-29-69-57)38-6-10-46(44(52)34-38)66-28-26-64-24-22-62-20-18-60-16-12-48(55)56/h3-10,31-34,49-50,57-58H,1-2,11-30H2,(H,53,54)(H,55,56). The maximum atomic E-state index is 15.5. The van der Waals surface area contributed by atoms with Crippen molar-refractivity contribution < 1.29 is 85.1 Å². The lowest BCUT2D eigenvalue weighted by Crippen LogP contribution is -2.24. The number of hydrogen-bond acceptors (Lipinski definition) is 16. The fourth-order valence-corrected chi connectivity index (χ4v) is 7.71. The minimum Gasteiger partial charge on any atom is -0.488 e. The molecule has 5 rings (SSSR count). The molecule has 1 aliphatic carbocycles. The van der Waals surface area contributed by atoms with Crippen LogP contribution in [0, 0.1) is 11.6 Å². The van der Waals surface area contributed by atoms with E-state index >= 15 is 8.78 Å². The molecule has 1 aliphatic rings. The van der Waals surface area contributed by atoms with E-state index in [2.05, 4.69) is 0 Å². The van der Waals surface area contributed by atoms with Crippen molar-refractivity contribution in [2.45, 2.75) is 37.9 Å². The second kappa shape index (κ2) is 32.5. The van der Waals surface area contributed by atoms with Crippen molar-refractivity contribution in [2.75, 3.05) is 117 Å². The van der Waals surface area contributed by atoms with Gasteiger partial charge in [0.2, 0.25) is 0 Å². The van der Waals surface area contributed by atoms with Gasteiger partial charge in [-0.2, -0.15) is 0 Å². The first-order valence-corrected chi connectivity index (χ1v) is 24.9. The number of halogens is 2. The van der Waals surface area contributed by atoms with E-state index in [1.807, 2.05) is 36.4 Å². The summed E-state index contributed by atoms with van der Waals surface area (Å²) in [5.41, 5.74) is 6.13. The van der Waals surface area contributed by atoms with Gasteiger partial charge in [0, 0.05) is 24.7 Å². The van der Waals surface area contributed by atoms with E-state index in [0.717, 1.165) is 57.5 Å². The largest absolute Gasteiger partial charge is 0.488 e. The third kappa shape index (κ3) is 19.3. The number of ether oxygens (including phenoxy) is 10. The normalized spacial score (nSPS) is 14.1. The Morgan fingerprint density at radius 3 is 1.11 bits per heavy atom. The Hall–Kier alpha value is -4.42. The molecule has 0 aliphatic heterocycles. The Bertz CT molecular complexity index is 2030. The number of carboxylic acids is 2. The van der Waals surface area contributed by atoms with Crippen molar-refractivity contribution in [3.05, 3.63) is 95.6 Å². The average molecular weight is 1020 g/mol. The van der Waals surface area contributed by atoms with Crippen molar-refractivity contribution in [3.63, 3.8) is 0 Å². The maximum Gasteiger partial charge on any atom is 0.305 e. The van der Waals surface area contributed by atoms with Gasteiger partial charge in [0.1, 0.15) is 25.4 Å². The van der Waals surface area contributed by atoms with Crippen molar-refractivity contribution in [1.29, 1.82) is 0 Å². The lowest BCUT2D eigenvalue weighted by Gasteiger charge is -2.36. The Labute approximate surface area is 415 Å². The smallest absolute Gasteiger partial charge is 0.305 e. The van der Waals surface area contributed by atoms with E-state index in [-0.39, 0.29) is 77.2 Å². The average Bonchev–Trinajstić information content (AvgIpc) is 3.35. The number of carbonyl (C=O) groups is 2. The Kier molecular flexibility index (Phi) is 26.3. The summed E-state index contributed by atoms with van der Waals surface area (Å²) < 4.78 is 107. The zero-order valence-corrected chi connectivity index (χ0v) is 40.5. The van der Waals surface area contributed by atoms with E-state index in [9.17, 15) is 18.7 Å². The van der Waals surface area contributed by atoms with E-state index in [4.69, 9.17) is 57.6 Å². The summed E-state index contributed by atoms with van der Waals surface area (Å²) >= 11 is 1.47. The van der Waals surface area contributed by atoms with Crippen LogP contribution in [0.15, 0.2) is 72.8 Å². The lowest BCUT2D eigenvalue weighted by molar-refractivity contribution is -0.139. The lowest BCUT2D eigenvalue weighted by atomic mass is 9.79. The molecule has 2 atom stereocenters. The van der Waals surface area contributed by atoms with Crippen LogP contribution >= 0.6 is 24.1 Å². The second-order valence-corrected chi connectivity index (χ2v) is 16.8. The second-order valence-electron chi connectivity index (χ2n) is 15.5. The monoisotopic (exact) mass is 1020 g/mol. The zero-order chi connectivity index (χ0) is 49.8. The first-order valence-electron chi connectivity index (χ1n) is 23.0. The highest BCUT2D eigenvalue weighted by Crippen LogP contribution is 2.50. The summed E-state index contributed by atoms with van der Waals surface area (Å²) in [5, 5.41) is 17.3. The van der Waals surface area contributed by atoms with Crippen LogP contribution < -0.4 is 9.47 Å². The summed E-state index contributed by atoms with van der Waals surface area (Å²) in [6.45, 7) is 3.91. The molecule has 384 valence electrons. The van der Waals surface area contributed by atoms with Gasteiger partial charge in [-0.3, -0.25) is 9.59 Å². The van der Waals surface area contributed by atoms with E-state index in [1.165, 1.54) is 12.1 Å². The maximum absolute atomic E-state index is 15.5. The predicted octanol–water partition coefficient (Wildman–Crippen LogP) is 9.09. The summed E-state index contributed by atoms with van der Waals surface area (Å²) in [6, 6.07) is 21.3. The summed E-state index contributed by atoms with van der Waals surface area (Å²) in [6.07, 6.45) is -0.241. The number of benzene rings is 4. The summed E-state index contributed by atoms with van der Waals surface area (Å²) in [7, 11) is 0. The Morgan fingerprint density at radius 2 is 0.771 bits per heavy atom. The first-order chi connectivity index (χ1) is 34.2. The highest BCUT2D eigenvalue weighted by Gasteiger charge is 2.36. The Balaban J connectivity index is 1.24. The minimum atomic E-state index is -0.921. The molecule has 16 nitrogen and oxygen atoms in total. The fraction of sp³-hybridized carbons (Fsp3) is 0.480. The molecule has 0 heterocycles. The topological polar surface area (TPSA) is 207 Å². The van der Waals surface area contributed by atoms with Crippen molar-refractivity contribution >= 4 is 36.0 Å². The highest BCUT2D eigenvalue weighted by atomic mass is 32.2. The summed E-state index contributed by atoms with van der Waals surface area (Å²) in [4.78, 5) is 21.0. The Morgan fingerprint density at radius 1 is 0.443 bits per heavy atom. The zero-order valence-electron chi connectivity index (χ0n) is 38.9. The van der Waals surface area contributed by atoms with Crippen LogP contribution in [0.3, 0.4) is 0 Å². The molecule has 0 aromatic heterocycles. The van der Waals surface area contributed by atoms with Gasteiger partial charge in [-0.05, 0) is 118 Å². The van der Waals surface area contributed by atoms with Gasteiger partial charge in [-0.1, -0.05) is 36.4 Å².